The molecule has 2 heterocycles. The van der Waals surface area contributed by atoms with Gasteiger partial charge < -0.3 is 15.1 Å². The van der Waals surface area contributed by atoms with Gasteiger partial charge in [-0.1, -0.05) is 30.3 Å². The average Bonchev–Trinajstić information content (AvgIpc) is 3.25. The van der Waals surface area contributed by atoms with E-state index in [0.29, 0.717) is 16.6 Å². The Hall–Kier alpha value is -4.54. The van der Waals surface area contributed by atoms with Crippen molar-refractivity contribution >= 4 is 28.7 Å². The zero-order valence-corrected chi connectivity index (χ0v) is 17.6. The summed E-state index contributed by atoms with van der Waals surface area (Å²) in [5.41, 5.74) is 1.30. The minimum atomic E-state index is -1.32. The van der Waals surface area contributed by atoms with Crippen LogP contribution in [-0.2, 0) is 16.1 Å². The number of hydrogen-bond donors (Lipinski definition) is 2. The van der Waals surface area contributed by atoms with E-state index in [4.69, 9.17) is 4.63 Å². The quantitative estimate of drug-likeness (QED) is 0.420. The van der Waals surface area contributed by atoms with Gasteiger partial charge in [-0.2, -0.15) is 0 Å². The highest BCUT2D eigenvalue weighted by Gasteiger charge is 2.40. The molecule has 3 aromatic rings. The summed E-state index contributed by atoms with van der Waals surface area (Å²) >= 11 is 0. The van der Waals surface area contributed by atoms with E-state index in [1.165, 1.54) is 17.0 Å². The molecule has 0 bridgehead atoms. The molecule has 2 N–H and O–H groups in total. The van der Waals surface area contributed by atoms with Gasteiger partial charge in [0.25, 0.3) is 5.69 Å². The normalized spacial score (nSPS) is 14.8. The standard InChI is InChI=1S/C22H18N4O7/c1-11-17(21(27)28)19(14-7-5-8-15-20(14)24-33-23-15)18(22(29)30)12(2)25(11)10-13-6-3-4-9-16(13)26(31)32/h3-9,19H,10H2,1-2H3,(H,27,28)(H,29,30). The summed E-state index contributed by atoms with van der Waals surface area (Å²) in [7, 11) is 0. The zero-order valence-electron chi connectivity index (χ0n) is 17.6. The van der Waals surface area contributed by atoms with Crippen molar-refractivity contribution in [1.29, 1.82) is 0 Å². The number of hydrogen-bond acceptors (Lipinski definition) is 8. The van der Waals surface area contributed by atoms with E-state index in [1.807, 2.05) is 0 Å². The zero-order chi connectivity index (χ0) is 23.9. The van der Waals surface area contributed by atoms with Crippen LogP contribution in [0.2, 0.25) is 0 Å². The van der Waals surface area contributed by atoms with Gasteiger partial charge >= 0.3 is 11.9 Å². The first kappa shape index (κ1) is 21.7. The van der Waals surface area contributed by atoms with Gasteiger partial charge in [0.05, 0.1) is 28.5 Å². The summed E-state index contributed by atoms with van der Waals surface area (Å²) in [6, 6.07) is 10.9. The minimum Gasteiger partial charge on any atom is -0.478 e. The van der Waals surface area contributed by atoms with Crippen molar-refractivity contribution in [2.75, 3.05) is 0 Å². The Bertz CT molecular complexity index is 1330. The third-order valence-corrected chi connectivity index (χ3v) is 5.77. The molecule has 0 unspecified atom stereocenters. The van der Waals surface area contributed by atoms with Gasteiger partial charge in [0.15, 0.2) is 0 Å². The first-order chi connectivity index (χ1) is 15.7. The maximum absolute atomic E-state index is 12.4. The number of fused-ring (bicyclic) bond motifs is 1. The summed E-state index contributed by atoms with van der Waals surface area (Å²) in [6.45, 7) is 3.02. The lowest BCUT2D eigenvalue weighted by Crippen LogP contribution is -2.34. The largest absolute Gasteiger partial charge is 0.478 e. The second kappa shape index (κ2) is 8.19. The summed E-state index contributed by atoms with van der Waals surface area (Å²) in [5, 5.41) is 39.3. The van der Waals surface area contributed by atoms with Crippen molar-refractivity contribution in [1.82, 2.24) is 15.2 Å². The summed E-state index contributed by atoms with van der Waals surface area (Å²) in [6.07, 6.45) is 0. The molecule has 0 saturated carbocycles. The van der Waals surface area contributed by atoms with Gasteiger partial charge in [-0.15, -0.1) is 0 Å². The summed E-state index contributed by atoms with van der Waals surface area (Å²) in [5.74, 6) is -3.79. The van der Waals surface area contributed by atoms with Crippen LogP contribution in [0.1, 0.15) is 30.9 Å². The van der Waals surface area contributed by atoms with E-state index in [1.54, 1.807) is 44.2 Å². The Morgan fingerprint density at radius 2 is 1.67 bits per heavy atom. The lowest BCUT2D eigenvalue weighted by molar-refractivity contribution is -0.385. The van der Waals surface area contributed by atoms with Crippen molar-refractivity contribution in [2.24, 2.45) is 0 Å². The molecule has 0 aliphatic carbocycles. The number of nitro groups is 1. The van der Waals surface area contributed by atoms with Gasteiger partial charge in [-0.25, -0.2) is 14.2 Å². The van der Waals surface area contributed by atoms with E-state index < -0.39 is 22.8 Å². The smallest absolute Gasteiger partial charge is 0.334 e. The number of nitrogens with zero attached hydrogens (tertiary/aromatic N) is 4. The molecule has 0 radical (unpaired) electrons. The third kappa shape index (κ3) is 3.59. The van der Waals surface area contributed by atoms with Crippen LogP contribution in [0.4, 0.5) is 5.69 Å². The highest BCUT2D eigenvalue weighted by molar-refractivity contribution is 6.00. The van der Waals surface area contributed by atoms with Crippen LogP contribution >= 0.6 is 0 Å². The Labute approximate surface area is 186 Å². The van der Waals surface area contributed by atoms with Gasteiger partial charge in [0.2, 0.25) is 0 Å². The summed E-state index contributed by atoms with van der Waals surface area (Å²) < 4.78 is 4.78. The molecule has 11 nitrogen and oxygen atoms in total. The van der Waals surface area contributed by atoms with Crippen LogP contribution < -0.4 is 0 Å². The molecule has 0 fully saturated rings. The molecule has 0 atom stereocenters. The van der Waals surface area contributed by atoms with Gasteiger partial charge in [0.1, 0.15) is 11.0 Å². The molecule has 33 heavy (non-hydrogen) atoms. The molecule has 168 valence electrons. The fraction of sp³-hybridized carbons (Fsp3) is 0.182. The number of carboxylic acids is 2. The van der Waals surface area contributed by atoms with Crippen LogP contribution in [0, 0.1) is 10.1 Å². The monoisotopic (exact) mass is 450 g/mol. The van der Waals surface area contributed by atoms with E-state index in [2.05, 4.69) is 10.3 Å². The van der Waals surface area contributed by atoms with Crippen LogP contribution in [0.5, 0.6) is 0 Å². The Morgan fingerprint density at radius 3 is 2.27 bits per heavy atom. The van der Waals surface area contributed by atoms with Crippen molar-refractivity contribution in [3.05, 3.63) is 86.2 Å². The predicted octanol–water partition coefficient (Wildman–Crippen LogP) is 3.45. The fourth-order valence-corrected chi connectivity index (χ4v) is 4.26. The molecule has 11 heteroatoms. The maximum atomic E-state index is 12.4. The molecular weight excluding hydrogens is 432 g/mol. The molecule has 1 aromatic heterocycles. The lowest BCUT2D eigenvalue weighted by atomic mass is 9.79. The number of carboxylic acid groups (broad SMARTS) is 2. The van der Waals surface area contributed by atoms with Gasteiger partial charge in [0, 0.05) is 23.0 Å². The molecule has 0 spiro atoms. The van der Waals surface area contributed by atoms with E-state index in [9.17, 15) is 29.9 Å². The predicted molar refractivity (Wildman–Crippen MR) is 114 cm³/mol. The number of allylic oxidation sites excluding steroid dienone is 2. The second-order valence-electron chi connectivity index (χ2n) is 7.49. The lowest BCUT2D eigenvalue weighted by Gasteiger charge is -2.37. The number of para-hydroxylation sites is 1. The molecule has 4 rings (SSSR count). The van der Waals surface area contributed by atoms with Crippen molar-refractivity contribution < 1.29 is 29.4 Å². The first-order valence-corrected chi connectivity index (χ1v) is 9.81. The van der Waals surface area contributed by atoms with Crippen LogP contribution in [0.15, 0.2) is 69.6 Å². The number of rotatable bonds is 6. The molecule has 1 aliphatic rings. The SMILES string of the molecule is CC1=C(C(=O)O)C(c2cccc3nonc23)C(C(=O)O)=C(C)N1Cc1ccccc1[N+](=O)[O-]. The number of benzene rings is 2. The topological polar surface area (TPSA) is 160 Å². The van der Waals surface area contributed by atoms with Crippen molar-refractivity contribution in [3.8, 4) is 0 Å². The van der Waals surface area contributed by atoms with E-state index >= 15 is 0 Å². The number of nitro benzene ring substituents is 1. The minimum absolute atomic E-state index is 0.0786. The van der Waals surface area contributed by atoms with E-state index in [-0.39, 0.29) is 40.3 Å². The fourth-order valence-electron chi connectivity index (χ4n) is 4.26. The Balaban J connectivity index is 1.94. The van der Waals surface area contributed by atoms with E-state index in [0.717, 1.165) is 0 Å². The molecular formula is C22H18N4O7. The molecule has 0 amide bonds. The number of carbonyl (C=O) groups is 2. The molecule has 2 aromatic carbocycles. The Morgan fingerprint density at radius 1 is 1.03 bits per heavy atom. The summed E-state index contributed by atoms with van der Waals surface area (Å²) in [4.78, 5) is 37.2. The highest BCUT2D eigenvalue weighted by Crippen LogP contribution is 2.44. The first-order valence-electron chi connectivity index (χ1n) is 9.81. The molecule has 0 saturated heterocycles. The van der Waals surface area contributed by atoms with Crippen molar-refractivity contribution in [2.45, 2.75) is 26.3 Å². The van der Waals surface area contributed by atoms with Crippen LogP contribution in [0.25, 0.3) is 11.0 Å². The third-order valence-electron chi connectivity index (χ3n) is 5.77. The second-order valence-corrected chi connectivity index (χ2v) is 7.49. The highest BCUT2D eigenvalue weighted by atomic mass is 16.6. The van der Waals surface area contributed by atoms with Gasteiger partial charge in [-0.3, -0.25) is 10.1 Å². The number of aliphatic carboxylic acids is 2. The molecule has 1 aliphatic heterocycles. The maximum Gasteiger partial charge on any atom is 0.334 e. The Kier molecular flexibility index (Phi) is 5.38. The van der Waals surface area contributed by atoms with Crippen molar-refractivity contribution in [3.63, 3.8) is 0 Å². The van der Waals surface area contributed by atoms with Gasteiger partial charge in [-0.05, 0) is 35.8 Å². The number of aromatic nitrogens is 2. The average molecular weight is 450 g/mol. The van der Waals surface area contributed by atoms with Crippen LogP contribution in [0.3, 0.4) is 0 Å². The van der Waals surface area contributed by atoms with Crippen LogP contribution in [-0.4, -0.2) is 42.3 Å².